The zero-order valence-electron chi connectivity index (χ0n) is 10.9. The Hall–Kier alpha value is -1.40. The topological polar surface area (TPSA) is 80.5 Å². The highest BCUT2D eigenvalue weighted by Crippen LogP contribution is 2.23. The number of amides is 1. The summed E-state index contributed by atoms with van der Waals surface area (Å²) in [7, 11) is -3.46. The van der Waals surface area contributed by atoms with Gasteiger partial charge in [0.1, 0.15) is 0 Å². The van der Waals surface area contributed by atoms with Crippen molar-refractivity contribution in [2.24, 2.45) is 11.7 Å². The second-order valence-electron chi connectivity index (χ2n) is 5.00. The fourth-order valence-corrected chi connectivity index (χ4v) is 3.90. The maximum absolute atomic E-state index is 12.4. The third-order valence-corrected chi connectivity index (χ3v) is 5.28. The van der Waals surface area contributed by atoms with Crippen LogP contribution in [0.15, 0.2) is 29.2 Å². The number of nitrogens with zero attached hydrogens (tertiary/aromatic N) is 1. The average molecular weight is 282 g/mol. The number of hydrogen-bond donors (Lipinski definition) is 1. The van der Waals surface area contributed by atoms with Crippen molar-refractivity contribution in [2.45, 2.75) is 24.7 Å². The molecule has 6 heteroatoms. The molecular formula is C13H18N2O3S. The molecule has 1 aliphatic heterocycles. The standard InChI is InChI=1S/C13H18N2O3S/c1-10-3-2-8-15(9-10)19(17,18)12-6-4-11(5-7-12)13(14)16/h4-7,10H,2-3,8-9H2,1H3,(H2,14,16)/t10-/m1/s1. The molecule has 2 rings (SSSR count). The van der Waals surface area contributed by atoms with Crippen molar-refractivity contribution in [1.29, 1.82) is 0 Å². The van der Waals surface area contributed by atoms with E-state index >= 15 is 0 Å². The lowest BCUT2D eigenvalue weighted by Gasteiger charge is -2.30. The monoisotopic (exact) mass is 282 g/mol. The molecule has 1 aromatic carbocycles. The smallest absolute Gasteiger partial charge is 0.248 e. The molecule has 19 heavy (non-hydrogen) atoms. The first kappa shape index (κ1) is 14.0. The van der Waals surface area contributed by atoms with Gasteiger partial charge in [0.15, 0.2) is 0 Å². The van der Waals surface area contributed by atoms with E-state index in [0.717, 1.165) is 12.8 Å². The van der Waals surface area contributed by atoms with E-state index < -0.39 is 15.9 Å². The molecule has 0 saturated carbocycles. The van der Waals surface area contributed by atoms with Gasteiger partial charge in [0, 0.05) is 18.7 Å². The summed E-state index contributed by atoms with van der Waals surface area (Å²) in [5, 5.41) is 0. The molecular weight excluding hydrogens is 264 g/mol. The molecule has 1 amide bonds. The molecule has 0 bridgehead atoms. The highest BCUT2D eigenvalue weighted by molar-refractivity contribution is 7.89. The molecule has 2 N–H and O–H groups in total. The van der Waals surface area contributed by atoms with E-state index in [1.807, 2.05) is 0 Å². The molecule has 104 valence electrons. The van der Waals surface area contributed by atoms with Gasteiger partial charge in [0.25, 0.3) is 0 Å². The molecule has 1 atom stereocenters. The minimum atomic E-state index is -3.46. The molecule has 5 nitrogen and oxygen atoms in total. The molecule has 0 spiro atoms. The zero-order valence-corrected chi connectivity index (χ0v) is 11.7. The first-order valence-corrected chi connectivity index (χ1v) is 7.75. The van der Waals surface area contributed by atoms with Gasteiger partial charge < -0.3 is 5.73 Å². The molecule has 0 radical (unpaired) electrons. The summed E-state index contributed by atoms with van der Waals surface area (Å²) in [6.07, 6.45) is 1.95. The number of piperidine rings is 1. The van der Waals surface area contributed by atoms with Gasteiger partial charge in [-0.05, 0) is 43.0 Å². The summed E-state index contributed by atoms with van der Waals surface area (Å²) < 4.78 is 26.4. The Bertz CT molecular complexity index is 566. The largest absolute Gasteiger partial charge is 0.366 e. The van der Waals surface area contributed by atoms with Crippen LogP contribution in [0.4, 0.5) is 0 Å². The van der Waals surface area contributed by atoms with Crippen LogP contribution < -0.4 is 5.73 Å². The maximum atomic E-state index is 12.4. The number of benzene rings is 1. The van der Waals surface area contributed by atoms with E-state index in [0.29, 0.717) is 24.6 Å². The quantitative estimate of drug-likeness (QED) is 0.904. The average Bonchev–Trinajstić information content (AvgIpc) is 2.39. The number of hydrogen-bond acceptors (Lipinski definition) is 3. The molecule has 0 aliphatic carbocycles. The molecule has 1 heterocycles. The van der Waals surface area contributed by atoms with Gasteiger partial charge in [-0.2, -0.15) is 4.31 Å². The minimum absolute atomic E-state index is 0.214. The lowest BCUT2D eigenvalue weighted by Crippen LogP contribution is -2.39. The molecule has 1 aromatic rings. The van der Waals surface area contributed by atoms with Crippen LogP contribution in [0, 0.1) is 5.92 Å². The van der Waals surface area contributed by atoms with Crippen LogP contribution >= 0.6 is 0 Å². The van der Waals surface area contributed by atoms with Crippen molar-refractivity contribution in [3.05, 3.63) is 29.8 Å². The Morgan fingerprint density at radius 3 is 2.47 bits per heavy atom. The van der Waals surface area contributed by atoms with Crippen molar-refractivity contribution >= 4 is 15.9 Å². The van der Waals surface area contributed by atoms with Crippen molar-refractivity contribution in [3.63, 3.8) is 0 Å². The summed E-state index contributed by atoms with van der Waals surface area (Å²) in [6, 6.07) is 5.77. The van der Waals surface area contributed by atoms with E-state index in [1.54, 1.807) is 0 Å². The number of carbonyl (C=O) groups is 1. The van der Waals surface area contributed by atoms with Gasteiger partial charge in [-0.1, -0.05) is 6.92 Å². The molecule has 0 aromatic heterocycles. The van der Waals surface area contributed by atoms with Crippen molar-refractivity contribution < 1.29 is 13.2 Å². The van der Waals surface area contributed by atoms with Gasteiger partial charge >= 0.3 is 0 Å². The van der Waals surface area contributed by atoms with Crippen LogP contribution in [0.1, 0.15) is 30.1 Å². The van der Waals surface area contributed by atoms with E-state index in [2.05, 4.69) is 6.92 Å². The lowest BCUT2D eigenvalue weighted by molar-refractivity contribution is 0.1000. The first-order chi connectivity index (χ1) is 8.91. The lowest BCUT2D eigenvalue weighted by atomic mass is 10.0. The van der Waals surface area contributed by atoms with Gasteiger partial charge in [-0.25, -0.2) is 8.42 Å². The second-order valence-corrected chi connectivity index (χ2v) is 6.94. The van der Waals surface area contributed by atoms with Gasteiger partial charge in [-0.3, -0.25) is 4.79 Å². The Morgan fingerprint density at radius 1 is 1.32 bits per heavy atom. The van der Waals surface area contributed by atoms with E-state index in [9.17, 15) is 13.2 Å². The Labute approximate surface area is 113 Å². The zero-order chi connectivity index (χ0) is 14.0. The predicted octanol–water partition coefficient (Wildman–Crippen LogP) is 1.21. The summed E-state index contributed by atoms with van der Waals surface area (Å²) >= 11 is 0. The van der Waals surface area contributed by atoms with Crippen molar-refractivity contribution in [2.75, 3.05) is 13.1 Å². The normalized spacial score (nSPS) is 21.2. The summed E-state index contributed by atoms with van der Waals surface area (Å²) in [5.74, 6) is -0.177. The van der Waals surface area contributed by atoms with Crippen molar-refractivity contribution in [1.82, 2.24) is 4.31 Å². The van der Waals surface area contributed by atoms with Crippen LogP contribution in [0.3, 0.4) is 0 Å². The van der Waals surface area contributed by atoms with Crippen LogP contribution in [0.25, 0.3) is 0 Å². The number of carbonyl (C=O) groups excluding carboxylic acids is 1. The van der Waals surface area contributed by atoms with Crippen molar-refractivity contribution in [3.8, 4) is 0 Å². The second kappa shape index (κ2) is 5.30. The van der Waals surface area contributed by atoms with E-state index in [1.165, 1.54) is 28.6 Å². The van der Waals surface area contributed by atoms with Crippen LogP contribution in [0.5, 0.6) is 0 Å². The highest BCUT2D eigenvalue weighted by Gasteiger charge is 2.28. The Balaban J connectivity index is 2.26. The van der Waals surface area contributed by atoms with Gasteiger partial charge in [-0.15, -0.1) is 0 Å². The van der Waals surface area contributed by atoms with Crippen LogP contribution in [-0.4, -0.2) is 31.7 Å². The highest BCUT2D eigenvalue weighted by atomic mass is 32.2. The third kappa shape index (κ3) is 2.96. The molecule has 1 aliphatic rings. The van der Waals surface area contributed by atoms with Crippen LogP contribution in [0.2, 0.25) is 0 Å². The molecule has 0 unspecified atom stereocenters. The van der Waals surface area contributed by atoms with Gasteiger partial charge in [0.05, 0.1) is 4.90 Å². The number of rotatable bonds is 3. The molecule has 1 fully saturated rings. The maximum Gasteiger partial charge on any atom is 0.248 e. The third-order valence-electron chi connectivity index (χ3n) is 3.40. The minimum Gasteiger partial charge on any atom is -0.366 e. The van der Waals surface area contributed by atoms with E-state index in [-0.39, 0.29) is 4.90 Å². The molecule has 1 saturated heterocycles. The number of sulfonamides is 1. The number of nitrogens with two attached hydrogens (primary N) is 1. The SMILES string of the molecule is C[C@@H]1CCCN(S(=O)(=O)c2ccc(C(N)=O)cc2)C1. The Kier molecular flexibility index (Phi) is 3.91. The van der Waals surface area contributed by atoms with E-state index in [4.69, 9.17) is 5.73 Å². The van der Waals surface area contributed by atoms with Gasteiger partial charge in [0.2, 0.25) is 15.9 Å². The Morgan fingerprint density at radius 2 is 1.95 bits per heavy atom. The predicted molar refractivity (Wildman–Crippen MR) is 72.1 cm³/mol. The summed E-state index contributed by atoms with van der Waals surface area (Å²) in [4.78, 5) is 11.2. The first-order valence-electron chi connectivity index (χ1n) is 6.31. The summed E-state index contributed by atoms with van der Waals surface area (Å²) in [6.45, 7) is 3.17. The summed E-state index contributed by atoms with van der Waals surface area (Å²) in [5.41, 5.74) is 5.45. The number of primary amides is 1. The fourth-order valence-electron chi connectivity index (χ4n) is 2.30. The fraction of sp³-hybridized carbons (Fsp3) is 0.462. The van der Waals surface area contributed by atoms with Crippen LogP contribution in [-0.2, 0) is 10.0 Å².